The van der Waals surface area contributed by atoms with E-state index in [2.05, 4.69) is 32.4 Å². The van der Waals surface area contributed by atoms with Crippen LogP contribution in [0.1, 0.15) is 59.8 Å². The molecule has 0 heterocycles. The molecule has 0 radical (unpaired) electrons. The largest absolute Gasteiger partial charge is 0.388 e. The highest BCUT2D eigenvalue weighted by molar-refractivity contribution is 4.65. The van der Waals surface area contributed by atoms with E-state index in [0.717, 1.165) is 11.8 Å². The van der Waals surface area contributed by atoms with Gasteiger partial charge in [-0.3, -0.25) is 0 Å². The first-order valence-electron chi connectivity index (χ1n) is 6.02. The highest BCUT2D eigenvalue weighted by Gasteiger charge is 2.13. The Morgan fingerprint density at radius 3 is 1.14 bits per heavy atom. The van der Waals surface area contributed by atoms with Crippen LogP contribution in [0.5, 0.6) is 0 Å². The Bertz CT molecular complexity index is 71.2. The molecule has 0 aromatic heterocycles. The molecule has 88 valence electrons. The van der Waals surface area contributed by atoms with E-state index in [1.54, 1.807) is 14.2 Å². The van der Waals surface area contributed by atoms with Crippen LogP contribution in [0.4, 0.5) is 0 Å². The number of ether oxygens (including phenoxy) is 1. The van der Waals surface area contributed by atoms with E-state index in [0.29, 0.717) is 0 Å². The maximum Gasteiger partial charge on any atom is 0.0351 e. The van der Waals surface area contributed by atoms with Crippen LogP contribution >= 0.6 is 0 Å². The van der Waals surface area contributed by atoms with Gasteiger partial charge in [-0.2, -0.15) is 0 Å². The Hall–Kier alpha value is -0.0400. The van der Waals surface area contributed by atoms with Crippen LogP contribution < -0.4 is 0 Å². The van der Waals surface area contributed by atoms with E-state index in [1.807, 2.05) is 0 Å². The zero-order valence-electron chi connectivity index (χ0n) is 11.1. The Labute approximate surface area is 91.2 Å². The second kappa shape index (κ2) is 13.0. The van der Waals surface area contributed by atoms with Crippen molar-refractivity contribution in [2.24, 2.45) is 11.8 Å². The molecule has 0 saturated heterocycles. The summed E-state index contributed by atoms with van der Waals surface area (Å²) < 4.78 is 4.25. The lowest BCUT2D eigenvalue weighted by Crippen LogP contribution is -2.08. The maximum atomic E-state index is 4.25. The van der Waals surface area contributed by atoms with Gasteiger partial charge >= 0.3 is 0 Å². The van der Waals surface area contributed by atoms with Gasteiger partial charge in [-0.15, -0.1) is 0 Å². The van der Waals surface area contributed by atoms with Crippen molar-refractivity contribution in [3.63, 3.8) is 0 Å². The molecular formula is C13H30O. The summed E-state index contributed by atoms with van der Waals surface area (Å²) in [6, 6.07) is 0. The zero-order chi connectivity index (χ0) is 11.4. The van der Waals surface area contributed by atoms with Gasteiger partial charge in [-0.25, -0.2) is 0 Å². The maximum absolute atomic E-state index is 4.25. The van der Waals surface area contributed by atoms with E-state index in [9.17, 15) is 0 Å². The fraction of sp³-hybridized carbons (Fsp3) is 1.00. The minimum absolute atomic E-state index is 1.02. The van der Waals surface area contributed by atoms with E-state index in [-0.39, 0.29) is 0 Å². The second-order valence-electron chi connectivity index (χ2n) is 4.48. The molecule has 1 rings (SSSR count). The molecule has 0 bridgehead atoms. The van der Waals surface area contributed by atoms with Gasteiger partial charge in [-0.1, -0.05) is 59.8 Å². The molecule has 1 heteroatoms. The third-order valence-corrected chi connectivity index (χ3v) is 2.30. The van der Waals surface area contributed by atoms with E-state index >= 15 is 0 Å². The summed E-state index contributed by atoms with van der Waals surface area (Å²) in [5, 5.41) is 0. The monoisotopic (exact) mass is 202 g/mol. The molecule has 14 heavy (non-hydrogen) atoms. The van der Waals surface area contributed by atoms with Gasteiger partial charge < -0.3 is 4.74 Å². The summed E-state index contributed by atoms with van der Waals surface area (Å²) >= 11 is 0. The average molecular weight is 202 g/mol. The van der Waals surface area contributed by atoms with Crippen molar-refractivity contribution in [2.75, 3.05) is 14.2 Å². The van der Waals surface area contributed by atoms with Crippen molar-refractivity contribution in [2.45, 2.75) is 59.8 Å². The number of hydrogen-bond acceptors (Lipinski definition) is 1. The summed E-state index contributed by atoms with van der Waals surface area (Å²) in [5.41, 5.74) is 0. The average Bonchev–Trinajstić information content (AvgIpc) is 2.13. The van der Waals surface area contributed by atoms with Crippen LogP contribution in [0, 0.1) is 11.8 Å². The van der Waals surface area contributed by atoms with Gasteiger partial charge in [0.1, 0.15) is 0 Å². The van der Waals surface area contributed by atoms with Gasteiger partial charge in [0, 0.05) is 14.2 Å². The molecule has 1 nitrogen and oxygen atoms in total. The minimum atomic E-state index is 1.02. The zero-order valence-corrected chi connectivity index (χ0v) is 11.1. The molecule has 0 amide bonds. The summed E-state index contributed by atoms with van der Waals surface area (Å²) in [6.07, 6.45) is 7.14. The summed E-state index contributed by atoms with van der Waals surface area (Å²) in [5.74, 6) is 2.04. The Morgan fingerprint density at radius 2 is 1.00 bits per heavy atom. The topological polar surface area (TPSA) is 9.23 Å². The van der Waals surface area contributed by atoms with Crippen molar-refractivity contribution in [3.8, 4) is 0 Å². The molecule has 0 atom stereocenters. The molecule has 0 N–H and O–H groups in total. The van der Waals surface area contributed by atoms with Crippen LogP contribution in [0.2, 0.25) is 0 Å². The van der Waals surface area contributed by atoms with Gasteiger partial charge in [0.15, 0.2) is 0 Å². The summed E-state index contributed by atoms with van der Waals surface area (Å²) in [7, 11) is 3.25. The van der Waals surface area contributed by atoms with E-state index in [4.69, 9.17) is 0 Å². The van der Waals surface area contributed by atoms with Crippen molar-refractivity contribution < 1.29 is 4.74 Å². The molecule has 1 aliphatic carbocycles. The van der Waals surface area contributed by atoms with Crippen LogP contribution in [-0.4, -0.2) is 14.2 Å². The van der Waals surface area contributed by atoms with Crippen LogP contribution in [-0.2, 0) is 4.74 Å². The fourth-order valence-corrected chi connectivity index (χ4v) is 1.43. The Balaban J connectivity index is 0. The predicted molar refractivity (Wildman–Crippen MR) is 65.7 cm³/mol. The fourth-order valence-electron chi connectivity index (χ4n) is 1.43. The lowest BCUT2D eigenvalue weighted by atomic mass is 9.84. The Kier molecular flexibility index (Phi) is 15.2. The van der Waals surface area contributed by atoms with Gasteiger partial charge in [0.2, 0.25) is 0 Å². The summed E-state index contributed by atoms with van der Waals surface area (Å²) in [6.45, 7) is 8.98. The molecule has 1 aliphatic rings. The number of hydrogen-bond donors (Lipinski definition) is 0. The quantitative estimate of drug-likeness (QED) is 0.561. The lowest BCUT2D eigenvalue weighted by molar-refractivity contribution is 0.277. The molecule has 0 aromatic rings. The van der Waals surface area contributed by atoms with Gasteiger partial charge in [0.25, 0.3) is 0 Å². The van der Waals surface area contributed by atoms with Crippen molar-refractivity contribution in [1.82, 2.24) is 0 Å². The first-order chi connectivity index (χ1) is 6.62. The predicted octanol–water partition coefficient (Wildman–Crippen LogP) is 4.51. The lowest BCUT2D eigenvalue weighted by Gasteiger charge is -2.22. The number of rotatable bonds is 0. The highest BCUT2D eigenvalue weighted by Crippen LogP contribution is 2.27. The highest BCUT2D eigenvalue weighted by atomic mass is 16.4. The molecule has 0 aliphatic heterocycles. The smallest absolute Gasteiger partial charge is 0.0351 e. The molecule has 0 aromatic carbocycles. The van der Waals surface area contributed by atoms with Crippen LogP contribution in [0.25, 0.3) is 0 Å². The SMILES string of the molecule is CC1CCC(C)CC1.CCC.COC. The van der Waals surface area contributed by atoms with Gasteiger partial charge in [0.05, 0.1) is 0 Å². The molecule has 1 fully saturated rings. The van der Waals surface area contributed by atoms with Crippen molar-refractivity contribution >= 4 is 0 Å². The van der Waals surface area contributed by atoms with E-state index < -0.39 is 0 Å². The summed E-state index contributed by atoms with van der Waals surface area (Å²) in [4.78, 5) is 0. The molecule has 1 saturated carbocycles. The first-order valence-corrected chi connectivity index (χ1v) is 6.02. The first kappa shape index (κ1) is 16.4. The van der Waals surface area contributed by atoms with Gasteiger partial charge in [-0.05, 0) is 11.8 Å². The molecular weight excluding hydrogens is 172 g/mol. The second-order valence-corrected chi connectivity index (χ2v) is 4.48. The third kappa shape index (κ3) is 14.5. The van der Waals surface area contributed by atoms with Crippen molar-refractivity contribution in [3.05, 3.63) is 0 Å². The molecule has 0 unspecified atom stereocenters. The van der Waals surface area contributed by atoms with Crippen LogP contribution in [0.3, 0.4) is 0 Å². The number of methoxy groups -OCH3 is 1. The normalized spacial score (nSPS) is 25.3. The van der Waals surface area contributed by atoms with Crippen LogP contribution in [0.15, 0.2) is 0 Å². The minimum Gasteiger partial charge on any atom is -0.388 e. The third-order valence-electron chi connectivity index (χ3n) is 2.30. The van der Waals surface area contributed by atoms with E-state index in [1.165, 1.54) is 32.1 Å². The molecule has 0 spiro atoms. The van der Waals surface area contributed by atoms with Crippen molar-refractivity contribution in [1.29, 1.82) is 0 Å². The Morgan fingerprint density at radius 1 is 0.857 bits per heavy atom. The standard InChI is InChI=1S/C8H16.C3H8.C2H6O/c1-7-3-5-8(2)6-4-7;2*1-3-2/h7-8H,3-6H2,1-2H3;3H2,1-2H3;1-2H3.